The minimum Gasteiger partial charge on any atom is -0.377 e. The zero-order chi connectivity index (χ0) is 10.7. The molecule has 0 radical (unpaired) electrons. The van der Waals surface area contributed by atoms with E-state index in [1.165, 1.54) is 7.11 Å². The van der Waals surface area contributed by atoms with Gasteiger partial charge in [-0.1, -0.05) is 0 Å². The molecule has 5 heteroatoms. The van der Waals surface area contributed by atoms with Crippen LogP contribution in [0.1, 0.15) is 26.7 Å². The summed E-state index contributed by atoms with van der Waals surface area (Å²) in [6.45, 7) is 3.35. The highest BCUT2D eigenvalue weighted by Crippen LogP contribution is 2.25. The van der Waals surface area contributed by atoms with Gasteiger partial charge in [0.05, 0.1) is 5.60 Å². The summed E-state index contributed by atoms with van der Waals surface area (Å²) in [5.41, 5.74) is 4.84. The third kappa shape index (κ3) is 5.10. The van der Waals surface area contributed by atoms with Gasteiger partial charge in [-0.3, -0.25) is 0 Å². The lowest BCUT2D eigenvalue weighted by atomic mass is 9.95. The second-order valence-electron chi connectivity index (χ2n) is 3.57. The van der Waals surface area contributed by atoms with Crippen LogP contribution in [0.25, 0.3) is 0 Å². The molecule has 0 saturated carbocycles. The minimum atomic E-state index is -4.14. The number of methoxy groups -OCH3 is 1. The molecular formula is C8H16F3NO. The van der Waals surface area contributed by atoms with E-state index in [0.717, 1.165) is 0 Å². The van der Waals surface area contributed by atoms with Crippen LogP contribution in [-0.2, 0) is 4.74 Å². The molecule has 0 bridgehead atoms. The maximum absolute atomic E-state index is 11.8. The monoisotopic (exact) mass is 199 g/mol. The van der Waals surface area contributed by atoms with Crippen LogP contribution >= 0.6 is 0 Å². The highest BCUT2D eigenvalue weighted by Gasteiger charge is 2.32. The van der Waals surface area contributed by atoms with E-state index in [2.05, 4.69) is 0 Å². The molecule has 0 spiro atoms. The molecule has 0 fully saturated rings. The number of halogens is 3. The van der Waals surface area contributed by atoms with Gasteiger partial charge in [-0.25, -0.2) is 0 Å². The van der Waals surface area contributed by atoms with Crippen molar-refractivity contribution in [2.75, 3.05) is 7.11 Å². The smallest absolute Gasteiger partial charge is 0.377 e. The van der Waals surface area contributed by atoms with Crippen LogP contribution < -0.4 is 5.73 Å². The normalized spacial score (nSPS) is 15.9. The molecule has 1 unspecified atom stereocenters. The van der Waals surface area contributed by atoms with Crippen LogP contribution in [0, 0.1) is 0 Å². The second-order valence-corrected chi connectivity index (χ2v) is 3.57. The third-order valence-electron chi connectivity index (χ3n) is 2.16. The molecule has 0 heterocycles. The Hall–Kier alpha value is -0.290. The van der Waals surface area contributed by atoms with Crippen molar-refractivity contribution >= 4 is 0 Å². The summed E-state index contributed by atoms with van der Waals surface area (Å²) in [5.74, 6) is 0. The quantitative estimate of drug-likeness (QED) is 0.752. The Morgan fingerprint density at radius 3 is 2.08 bits per heavy atom. The third-order valence-corrected chi connectivity index (χ3v) is 2.16. The van der Waals surface area contributed by atoms with Gasteiger partial charge in [0.1, 0.15) is 0 Å². The van der Waals surface area contributed by atoms with Crippen molar-refractivity contribution in [2.45, 2.75) is 44.5 Å². The van der Waals surface area contributed by atoms with Crippen molar-refractivity contribution in [3.8, 4) is 0 Å². The topological polar surface area (TPSA) is 35.2 Å². The van der Waals surface area contributed by atoms with Gasteiger partial charge < -0.3 is 10.5 Å². The van der Waals surface area contributed by atoms with Gasteiger partial charge in [-0.05, 0) is 20.3 Å². The molecule has 2 N–H and O–H groups in total. The first kappa shape index (κ1) is 12.7. The molecule has 0 aromatic heterocycles. The van der Waals surface area contributed by atoms with Crippen LogP contribution in [0.15, 0.2) is 0 Å². The van der Waals surface area contributed by atoms with Crippen LogP contribution in [0.5, 0.6) is 0 Å². The fourth-order valence-corrected chi connectivity index (χ4v) is 0.818. The van der Waals surface area contributed by atoms with Gasteiger partial charge in [0, 0.05) is 19.6 Å². The SMILES string of the molecule is COC(C)(C)C(N)CCC(F)(F)F. The molecule has 0 aliphatic heterocycles. The van der Waals surface area contributed by atoms with Crippen LogP contribution in [-0.4, -0.2) is 24.9 Å². The van der Waals surface area contributed by atoms with Crippen molar-refractivity contribution in [3.05, 3.63) is 0 Å². The Balaban J connectivity index is 3.95. The fraction of sp³-hybridized carbons (Fsp3) is 1.00. The number of hydrogen-bond acceptors (Lipinski definition) is 2. The van der Waals surface area contributed by atoms with Crippen molar-refractivity contribution in [3.63, 3.8) is 0 Å². The summed E-state index contributed by atoms with van der Waals surface area (Å²) in [5, 5.41) is 0. The van der Waals surface area contributed by atoms with Gasteiger partial charge in [0.15, 0.2) is 0 Å². The van der Waals surface area contributed by atoms with Crippen LogP contribution in [0.3, 0.4) is 0 Å². The molecule has 2 nitrogen and oxygen atoms in total. The number of nitrogens with two attached hydrogens (primary N) is 1. The molecule has 0 aliphatic rings. The summed E-state index contributed by atoms with van der Waals surface area (Å²) in [6, 6.07) is -0.598. The predicted molar refractivity (Wildman–Crippen MR) is 44.4 cm³/mol. The maximum Gasteiger partial charge on any atom is 0.389 e. The summed E-state index contributed by atoms with van der Waals surface area (Å²) in [7, 11) is 1.44. The molecule has 0 aromatic rings. The molecule has 1 atom stereocenters. The van der Waals surface area contributed by atoms with Crippen molar-refractivity contribution < 1.29 is 17.9 Å². The largest absolute Gasteiger partial charge is 0.389 e. The zero-order valence-corrected chi connectivity index (χ0v) is 8.11. The maximum atomic E-state index is 11.8. The fourth-order valence-electron chi connectivity index (χ4n) is 0.818. The molecule has 0 aromatic carbocycles. The van der Waals surface area contributed by atoms with E-state index in [-0.39, 0.29) is 6.42 Å². The summed E-state index contributed by atoms with van der Waals surface area (Å²) in [4.78, 5) is 0. The van der Waals surface area contributed by atoms with E-state index in [9.17, 15) is 13.2 Å². The molecule has 13 heavy (non-hydrogen) atoms. The van der Waals surface area contributed by atoms with Gasteiger partial charge in [0.25, 0.3) is 0 Å². The number of alkyl halides is 3. The van der Waals surface area contributed by atoms with E-state index in [1.54, 1.807) is 13.8 Å². The highest BCUT2D eigenvalue weighted by atomic mass is 19.4. The van der Waals surface area contributed by atoms with E-state index >= 15 is 0 Å². The average molecular weight is 199 g/mol. The Labute approximate surface area is 76.2 Å². The minimum absolute atomic E-state index is 0.107. The van der Waals surface area contributed by atoms with Gasteiger partial charge in [0.2, 0.25) is 0 Å². The first-order chi connectivity index (χ1) is 5.69. The standard InChI is InChI=1S/C8H16F3NO/c1-7(2,13-3)6(12)4-5-8(9,10)11/h6H,4-5,12H2,1-3H3. The van der Waals surface area contributed by atoms with E-state index in [1.807, 2.05) is 0 Å². The van der Waals surface area contributed by atoms with Gasteiger partial charge in [-0.2, -0.15) is 13.2 Å². The van der Waals surface area contributed by atoms with Crippen molar-refractivity contribution in [1.82, 2.24) is 0 Å². The predicted octanol–water partition coefficient (Wildman–Crippen LogP) is 2.08. The van der Waals surface area contributed by atoms with Crippen molar-refractivity contribution in [2.24, 2.45) is 5.73 Å². The summed E-state index contributed by atoms with van der Waals surface area (Å²) < 4.78 is 40.4. The molecule has 0 saturated heterocycles. The first-order valence-corrected chi connectivity index (χ1v) is 4.06. The zero-order valence-electron chi connectivity index (χ0n) is 8.11. The Kier molecular flexibility index (Phi) is 4.19. The molecular weight excluding hydrogens is 183 g/mol. The Morgan fingerprint density at radius 1 is 1.31 bits per heavy atom. The number of rotatable bonds is 4. The Bertz CT molecular complexity index is 156. The molecule has 0 amide bonds. The number of ether oxygens (including phenoxy) is 1. The van der Waals surface area contributed by atoms with Gasteiger partial charge in [-0.15, -0.1) is 0 Å². The highest BCUT2D eigenvalue weighted by molar-refractivity contribution is 4.82. The molecule has 0 aliphatic carbocycles. The lowest BCUT2D eigenvalue weighted by Crippen LogP contribution is -2.45. The summed E-state index contributed by atoms with van der Waals surface area (Å²) in [6.07, 6.45) is -5.10. The first-order valence-electron chi connectivity index (χ1n) is 4.06. The van der Waals surface area contributed by atoms with Crippen LogP contribution in [0.2, 0.25) is 0 Å². The van der Waals surface area contributed by atoms with E-state index < -0.39 is 24.2 Å². The molecule has 80 valence electrons. The lowest BCUT2D eigenvalue weighted by molar-refractivity contribution is -0.139. The average Bonchev–Trinajstić information content (AvgIpc) is 1.98. The lowest BCUT2D eigenvalue weighted by Gasteiger charge is -2.30. The summed E-state index contributed by atoms with van der Waals surface area (Å²) >= 11 is 0. The van der Waals surface area contributed by atoms with E-state index in [0.29, 0.717) is 0 Å². The van der Waals surface area contributed by atoms with Gasteiger partial charge >= 0.3 is 6.18 Å². The van der Waals surface area contributed by atoms with Crippen LogP contribution in [0.4, 0.5) is 13.2 Å². The van der Waals surface area contributed by atoms with E-state index in [4.69, 9.17) is 10.5 Å². The molecule has 0 rings (SSSR count). The number of hydrogen-bond donors (Lipinski definition) is 1. The van der Waals surface area contributed by atoms with Crippen molar-refractivity contribution in [1.29, 1.82) is 0 Å². The second kappa shape index (κ2) is 4.28. The Morgan fingerprint density at radius 2 is 1.77 bits per heavy atom.